The van der Waals surface area contributed by atoms with Crippen LogP contribution >= 0.6 is 0 Å². The van der Waals surface area contributed by atoms with E-state index in [1.54, 1.807) is 12.1 Å². The van der Waals surface area contributed by atoms with Gasteiger partial charge in [-0.3, -0.25) is 4.68 Å². The minimum Gasteiger partial charge on any atom is -0.313 e. The van der Waals surface area contributed by atoms with Crippen LogP contribution in [0.2, 0.25) is 0 Å². The fourth-order valence-electron chi connectivity index (χ4n) is 2.30. The van der Waals surface area contributed by atoms with E-state index >= 15 is 0 Å². The number of nitriles is 1. The molecule has 0 atom stereocenters. The molecule has 2 aromatic rings. The second-order valence-electron chi connectivity index (χ2n) is 5.01. The molecule has 0 saturated carbocycles. The van der Waals surface area contributed by atoms with Crippen LogP contribution in [-0.2, 0) is 13.1 Å². The predicted molar refractivity (Wildman–Crippen MR) is 79.3 cm³/mol. The summed E-state index contributed by atoms with van der Waals surface area (Å²) in [5.41, 5.74) is 4.03. The molecule has 0 aliphatic carbocycles. The number of nitrogens with zero attached hydrogens (tertiary/aromatic N) is 3. The van der Waals surface area contributed by atoms with E-state index in [1.165, 1.54) is 6.07 Å². The molecule has 0 aliphatic heterocycles. The maximum atomic E-state index is 14.0. The number of halogens is 1. The van der Waals surface area contributed by atoms with Crippen LogP contribution in [0.4, 0.5) is 4.39 Å². The molecule has 1 heterocycles. The second kappa shape index (κ2) is 6.51. The van der Waals surface area contributed by atoms with Crippen molar-refractivity contribution in [3.63, 3.8) is 0 Å². The Morgan fingerprint density at radius 3 is 2.76 bits per heavy atom. The highest BCUT2D eigenvalue weighted by Gasteiger charge is 2.13. The molecular weight excluding hydrogens is 267 g/mol. The lowest BCUT2D eigenvalue weighted by Gasteiger charge is -2.07. The van der Waals surface area contributed by atoms with E-state index in [2.05, 4.69) is 17.3 Å². The van der Waals surface area contributed by atoms with Crippen LogP contribution in [0.3, 0.4) is 0 Å². The summed E-state index contributed by atoms with van der Waals surface area (Å²) in [7, 11) is 0. The molecule has 0 fully saturated rings. The third-order valence-corrected chi connectivity index (χ3v) is 3.59. The summed E-state index contributed by atoms with van der Waals surface area (Å²) >= 11 is 0. The molecule has 0 radical (unpaired) electrons. The Balaban J connectivity index is 2.26. The van der Waals surface area contributed by atoms with E-state index in [-0.39, 0.29) is 5.82 Å². The van der Waals surface area contributed by atoms with Gasteiger partial charge in [0, 0.05) is 23.4 Å². The fraction of sp³-hybridized carbons (Fsp3) is 0.375. The summed E-state index contributed by atoms with van der Waals surface area (Å²) in [5, 5.41) is 16.5. The quantitative estimate of drug-likeness (QED) is 0.919. The minimum absolute atomic E-state index is 0.331. The van der Waals surface area contributed by atoms with Crippen molar-refractivity contribution in [2.45, 2.75) is 33.9 Å². The molecule has 1 N–H and O–H groups in total. The van der Waals surface area contributed by atoms with Gasteiger partial charge in [-0.2, -0.15) is 10.4 Å². The lowest BCUT2D eigenvalue weighted by molar-refractivity contribution is 0.578. The van der Waals surface area contributed by atoms with Crippen LogP contribution in [0.25, 0.3) is 0 Å². The normalized spacial score (nSPS) is 10.6. The smallest absolute Gasteiger partial charge is 0.129 e. The topological polar surface area (TPSA) is 53.6 Å². The van der Waals surface area contributed by atoms with E-state index in [0.717, 1.165) is 30.0 Å². The van der Waals surface area contributed by atoms with Gasteiger partial charge in [0.15, 0.2) is 0 Å². The number of aryl methyl sites for hydroxylation is 1. The maximum absolute atomic E-state index is 14.0. The summed E-state index contributed by atoms with van der Waals surface area (Å²) in [6.07, 6.45) is 0. The van der Waals surface area contributed by atoms with Gasteiger partial charge in [0.2, 0.25) is 0 Å². The number of aromatic nitrogens is 2. The highest BCUT2D eigenvalue weighted by molar-refractivity contribution is 5.33. The van der Waals surface area contributed by atoms with Gasteiger partial charge < -0.3 is 5.32 Å². The highest BCUT2D eigenvalue weighted by Crippen LogP contribution is 2.17. The molecule has 0 aliphatic rings. The van der Waals surface area contributed by atoms with Crippen LogP contribution < -0.4 is 5.32 Å². The third-order valence-electron chi connectivity index (χ3n) is 3.59. The molecule has 0 bridgehead atoms. The lowest BCUT2D eigenvalue weighted by atomic mass is 10.1. The first kappa shape index (κ1) is 15.2. The van der Waals surface area contributed by atoms with Gasteiger partial charge in [-0.25, -0.2) is 4.39 Å². The number of rotatable bonds is 5. The van der Waals surface area contributed by atoms with Gasteiger partial charge in [0.1, 0.15) is 5.82 Å². The van der Waals surface area contributed by atoms with Gasteiger partial charge in [0.25, 0.3) is 0 Å². The average Bonchev–Trinajstić information content (AvgIpc) is 2.73. The first-order chi connectivity index (χ1) is 10.1. The Kier molecular flexibility index (Phi) is 4.71. The van der Waals surface area contributed by atoms with Gasteiger partial charge in [-0.15, -0.1) is 0 Å². The maximum Gasteiger partial charge on any atom is 0.129 e. The number of hydrogen-bond acceptors (Lipinski definition) is 3. The monoisotopic (exact) mass is 286 g/mol. The largest absolute Gasteiger partial charge is 0.313 e. The van der Waals surface area contributed by atoms with Crippen molar-refractivity contribution in [1.29, 1.82) is 5.26 Å². The van der Waals surface area contributed by atoms with Crippen molar-refractivity contribution < 1.29 is 4.39 Å². The Bertz CT molecular complexity index is 682. The van der Waals surface area contributed by atoms with Gasteiger partial charge in [-0.05, 0) is 32.5 Å². The zero-order valence-electron chi connectivity index (χ0n) is 12.6. The Hall–Kier alpha value is -2.19. The van der Waals surface area contributed by atoms with E-state index in [4.69, 9.17) is 5.26 Å². The van der Waals surface area contributed by atoms with Crippen LogP contribution in [-0.4, -0.2) is 16.3 Å². The molecule has 1 aromatic heterocycles. The zero-order valence-corrected chi connectivity index (χ0v) is 12.6. The van der Waals surface area contributed by atoms with Gasteiger partial charge in [0.05, 0.1) is 23.9 Å². The molecule has 4 nitrogen and oxygen atoms in total. The highest BCUT2D eigenvalue weighted by atomic mass is 19.1. The molecule has 110 valence electrons. The van der Waals surface area contributed by atoms with Crippen LogP contribution in [0.15, 0.2) is 18.2 Å². The molecule has 0 amide bonds. The minimum atomic E-state index is -0.366. The Labute approximate surface area is 124 Å². The summed E-state index contributed by atoms with van der Waals surface area (Å²) in [6.45, 7) is 8.05. The molecule has 2 rings (SSSR count). The van der Waals surface area contributed by atoms with Crippen LogP contribution in [0.1, 0.15) is 35.0 Å². The Morgan fingerprint density at radius 2 is 2.14 bits per heavy atom. The first-order valence-electron chi connectivity index (χ1n) is 6.99. The molecule has 21 heavy (non-hydrogen) atoms. The SMILES string of the molecule is CCNCc1c(C)nn(Cc2ccc(C#N)cc2F)c1C. The number of hydrogen-bond donors (Lipinski definition) is 1. The summed E-state index contributed by atoms with van der Waals surface area (Å²) < 4.78 is 15.8. The van der Waals surface area contributed by atoms with E-state index < -0.39 is 0 Å². The fourth-order valence-corrected chi connectivity index (χ4v) is 2.30. The van der Waals surface area contributed by atoms with Crippen molar-refractivity contribution in [3.8, 4) is 6.07 Å². The second-order valence-corrected chi connectivity index (χ2v) is 5.01. The zero-order chi connectivity index (χ0) is 15.4. The summed E-state index contributed by atoms with van der Waals surface area (Å²) in [6, 6.07) is 6.48. The summed E-state index contributed by atoms with van der Waals surface area (Å²) in [4.78, 5) is 0. The van der Waals surface area contributed by atoms with E-state index in [0.29, 0.717) is 17.7 Å². The van der Waals surface area contributed by atoms with Crippen molar-refractivity contribution in [2.75, 3.05) is 6.54 Å². The Morgan fingerprint density at radius 1 is 1.38 bits per heavy atom. The molecule has 0 spiro atoms. The van der Waals surface area contributed by atoms with Crippen molar-refractivity contribution >= 4 is 0 Å². The van der Waals surface area contributed by atoms with Crippen LogP contribution in [0.5, 0.6) is 0 Å². The van der Waals surface area contributed by atoms with Gasteiger partial charge >= 0.3 is 0 Å². The summed E-state index contributed by atoms with van der Waals surface area (Å²) in [5.74, 6) is -0.366. The lowest BCUT2D eigenvalue weighted by Crippen LogP contribution is -2.13. The van der Waals surface area contributed by atoms with Gasteiger partial charge in [-0.1, -0.05) is 13.0 Å². The number of nitrogens with one attached hydrogen (secondary N) is 1. The van der Waals surface area contributed by atoms with Crippen molar-refractivity contribution in [1.82, 2.24) is 15.1 Å². The van der Waals surface area contributed by atoms with E-state index in [9.17, 15) is 4.39 Å². The molecule has 1 aromatic carbocycles. The predicted octanol–water partition coefficient (Wildman–Crippen LogP) is 2.67. The first-order valence-corrected chi connectivity index (χ1v) is 6.99. The van der Waals surface area contributed by atoms with Crippen molar-refractivity contribution in [2.24, 2.45) is 0 Å². The third kappa shape index (κ3) is 3.29. The van der Waals surface area contributed by atoms with E-state index in [1.807, 2.05) is 24.6 Å². The molecule has 5 heteroatoms. The number of benzene rings is 1. The standard InChI is InChI=1S/C16H19FN4/c1-4-19-9-15-11(2)20-21(12(15)3)10-14-6-5-13(8-18)7-16(14)17/h5-7,19H,4,9-10H2,1-3H3. The van der Waals surface area contributed by atoms with Crippen LogP contribution in [0, 0.1) is 31.0 Å². The van der Waals surface area contributed by atoms with Crippen molar-refractivity contribution in [3.05, 3.63) is 52.1 Å². The molecule has 0 unspecified atom stereocenters. The molecular formula is C16H19FN4. The average molecular weight is 286 g/mol. The molecule has 0 saturated heterocycles.